The Morgan fingerprint density at radius 2 is 1.69 bits per heavy atom. The lowest BCUT2D eigenvalue weighted by molar-refractivity contribution is -0.138. The summed E-state index contributed by atoms with van der Waals surface area (Å²) in [7, 11) is -1.22. The van der Waals surface area contributed by atoms with Gasteiger partial charge in [0.05, 0.1) is 24.8 Å². The number of ether oxygens (including phenoxy) is 2. The first-order chi connectivity index (χ1) is 12.4. The Morgan fingerprint density at radius 1 is 1.08 bits per heavy atom. The van der Waals surface area contributed by atoms with Gasteiger partial charge in [0.1, 0.15) is 6.04 Å². The third-order valence-electron chi connectivity index (χ3n) is 3.88. The number of hydrogen-bond acceptors (Lipinski definition) is 5. The van der Waals surface area contributed by atoms with Crippen molar-refractivity contribution < 1.29 is 27.8 Å². The fourth-order valence-electron chi connectivity index (χ4n) is 2.59. The Kier molecular flexibility index (Phi) is 6.10. The highest BCUT2D eigenvalue weighted by atomic mass is 32.2. The molecule has 140 valence electrons. The summed E-state index contributed by atoms with van der Waals surface area (Å²) >= 11 is 0. The number of aliphatic carboxylic acids is 1. The first-order valence-corrected chi connectivity index (χ1v) is 9.35. The van der Waals surface area contributed by atoms with Gasteiger partial charge >= 0.3 is 5.97 Å². The molecule has 1 N–H and O–H groups in total. The van der Waals surface area contributed by atoms with Crippen LogP contribution < -0.4 is 13.8 Å². The molecule has 0 aliphatic heterocycles. The number of anilines is 1. The topological polar surface area (TPSA) is 93.1 Å². The van der Waals surface area contributed by atoms with E-state index in [4.69, 9.17) is 9.47 Å². The zero-order valence-corrected chi connectivity index (χ0v) is 15.6. The molecule has 0 aliphatic rings. The van der Waals surface area contributed by atoms with Crippen molar-refractivity contribution in [2.45, 2.75) is 24.3 Å². The summed E-state index contributed by atoms with van der Waals surface area (Å²) in [6.07, 6.45) is 0.0930. The molecular weight excluding hydrogens is 358 g/mol. The molecule has 0 spiro atoms. The number of carbonyl (C=O) groups is 1. The van der Waals surface area contributed by atoms with E-state index in [9.17, 15) is 18.3 Å². The van der Waals surface area contributed by atoms with Crippen LogP contribution in [0.1, 0.15) is 13.3 Å². The maximum Gasteiger partial charge on any atom is 0.327 e. The van der Waals surface area contributed by atoms with Crippen molar-refractivity contribution in [1.82, 2.24) is 0 Å². The van der Waals surface area contributed by atoms with Crippen molar-refractivity contribution in [3.8, 4) is 11.5 Å². The van der Waals surface area contributed by atoms with E-state index in [2.05, 4.69) is 0 Å². The Bertz CT molecular complexity index is 867. The molecule has 0 radical (unpaired) electrons. The summed E-state index contributed by atoms with van der Waals surface area (Å²) in [6.45, 7) is 1.62. The first-order valence-electron chi connectivity index (χ1n) is 7.91. The predicted molar refractivity (Wildman–Crippen MR) is 97.4 cm³/mol. The molecule has 0 aliphatic carbocycles. The highest BCUT2D eigenvalue weighted by Gasteiger charge is 2.35. The van der Waals surface area contributed by atoms with Gasteiger partial charge in [-0.2, -0.15) is 0 Å². The highest BCUT2D eigenvalue weighted by Crippen LogP contribution is 2.35. The molecule has 0 saturated carbocycles. The van der Waals surface area contributed by atoms with E-state index in [1.165, 1.54) is 44.6 Å². The van der Waals surface area contributed by atoms with Gasteiger partial charge in [-0.25, -0.2) is 13.2 Å². The summed E-state index contributed by atoms with van der Waals surface area (Å²) < 4.78 is 37.7. The van der Waals surface area contributed by atoms with Gasteiger partial charge in [-0.1, -0.05) is 25.1 Å². The number of sulfonamides is 1. The molecule has 0 fully saturated rings. The van der Waals surface area contributed by atoms with Gasteiger partial charge in [0.2, 0.25) is 0 Å². The van der Waals surface area contributed by atoms with Crippen LogP contribution in [0.5, 0.6) is 11.5 Å². The zero-order valence-electron chi connectivity index (χ0n) is 14.7. The number of carboxylic acid groups (broad SMARTS) is 1. The molecule has 7 nitrogen and oxygen atoms in total. The van der Waals surface area contributed by atoms with E-state index in [1.54, 1.807) is 25.1 Å². The second kappa shape index (κ2) is 8.09. The molecule has 0 bridgehead atoms. The lowest BCUT2D eigenvalue weighted by Crippen LogP contribution is -2.45. The summed E-state index contributed by atoms with van der Waals surface area (Å²) in [5, 5.41) is 9.58. The van der Waals surface area contributed by atoms with Gasteiger partial charge in [0.25, 0.3) is 10.0 Å². The molecule has 2 rings (SSSR count). The van der Waals surface area contributed by atoms with Crippen molar-refractivity contribution in [2.75, 3.05) is 18.5 Å². The first kappa shape index (κ1) is 19.6. The van der Waals surface area contributed by atoms with Crippen molar-refractivity contribution in [1.29, 1.82) is 0 Å². The van der Waals surface area contributed by atoms with Gasteiger partial charge in [-0.05, 0) is 30.7 Å². The fourth-order valence-corrected chi connectivity index (χ4v) is 4.29. The van der Waals surface area contributed by atoms with Crippen LogP contribution in [0.25, 0.3) is 0 Å². The minimum absolute atomic E-state index is 0.00878. The molecule has 8 heteroatoms. The van der Waals surface area contributed by atoms with Gasteiger partial charge < -0.3 is 14.6 Å². The van der Waals surface area contributed by atoms with Crippen molar-refractivity contribution in [3.63, 3.8) is 0 Å². The summed E-state index contributed by atoms with van der Waals surface area (Å²) in [4.78, 5) is 11.7. The monoisotopic (exact) mass is 379 g/mol. The third kappa shape index (κ3) is 3.75. The lowest BCUT2D eigenvalue weighted by Gasteiger charge is -2.30. The molecule has 0 heterocycles. The number of carboxylic acids is 1. The van der Waals surface area contributed by atoms with Gasteiger partial charge in [-0.15, -0.1) is 0 Å². The molecule has 0 saturated heterocycles. The average molecular weight is 379 g/mol. The van der Waals surface area contributed by atoms with Gasteiger partial charge in [0.15, 0.2) is 11.5 Å². The maximum atomic E-state index is 13.2. The van der Waals surface area contributed by atoms with Crippen LogP contribution in [0.4, 0.5) is 5.69 Å². The van der Waals surface area contributed by atoms with Gasteiger partial charge in [-0.3, -0.25) is 4.31 Å². The van der Waals surface area contributed by atoms with Crippen LogP contribution in [0.15, 0.2) is 53.4 Å². The van der Waals surface area contributed by atoms with Crippen LogP contribution in [0, 0.1) is 0 Å². The van der Waals surface area contributed by atoms with Crippen LogP contribution in [-0.4, -0.2) is 39.8 Å². The number of nitrogens with zero attached hydrogens (tertiary/aromatic N) is 1. The average Bonchev–Trinajstić information content (AvgIpc) is 2.65. The Labute approximate surface area is 152 Å². The molecule has 26 heavy (non-hydrogen) atoms. The van der Waals surface area contributed by atoms with Crippen LogP contribution >= 0.6 is 0 Å². The SMILES string of the molecule is CCC(C(=O)O)N(c1ccc(OC)c(OC)c1)S(=O)(=O)c1ccccc1. The maximum absolute atomic E-state index is 13.2. The standard InChI is InChI=1S/C18H21NO6S/c1-4-15(18(20)21)19(26(22,23)14-8-6-5-7-9-14)13-10-11-16(24-2)17(12-13)25-3/h5-12,15H,4H2,1-3H3,(H,20,21). The molecule has 1 atom stereocenters. The minimum atomic E-state index is -4.10. The van der Waals surface area contributed by atoms with E-state index in [0.29, 0.717) is 11.5 Å². The second-order valence-electron chi connectivity index (χ2n) is 5.42. The summed E-state index contributed by atoms with van der Waals surface area (Å²) in [5.41, 5.74) is 0.181. The summed E-state index contributed by atoms with van der Waals surface area (Å²) in [5.74, 6) is -0.517. The number of rotatable bonds is 8. The number of hydrogen-bond donors (Lipinski definition) is 1. The molecule has 2 aromatic carbocycles. The van der Waals surface area contributed by atoms with Crippen LogP contribution in [0.2, 0.25) is 0 Å². The molecule has 1 unspecified atom stereocenters. The predicted octanol–water partition coefficient (Wildman–Crippen LogP) is 2.76. The van der Waals surface area contributed by atoms with E-state index in [-0.39, 0.29) is 17.0 Å². The summed E-state index contributed by atoms with van der Waals surface area (Å²) in [6, 6.07) is 10.9. The Morgan fingerprint density at radius 3 is 2.19 bits per heavy atom. The fraction of sp³-hybridized carbons (Fsp3) is 0.278. The largest absolute Gasteiger partial charge is 0.493 e. The van der Waals surface area contributed by atoms with E-state index >= 15 is 0 Å². The molecule has 0 amide bonds. The van der Waals surface area contributed by atoms with Crippen molar-refractivity contribution >= 4 is 21.7 Å². The number of methoxy groups -OCH3 is 2. The highest BCUT2D eigenvalue weighted by molar-refractivity contribution is 7.92. The Balaban J connectivity index is 2.68. The van der Waals surface area contributed by atoms with E-state index in [0.717, 1.165) is 4.31 Å². The quantitative estimate of drug-likeness (QED) is 0.758. The third-order valence-corrected chi connectivity index (χ3v) is 5.73. The molecule has 0 aromatic heterocycles. The number of benzene rings is 2. The molecule has 2 aromatic rings. The minimum Gasteiger partial charge on any atom is -0.493 e. The van der Waals surface area contributed by atoms with Crippen molar-refractivity contribution in [2.24, 2.45) is 0 Å². The van der Waals surface area contributed by atoms with Crippen LogP contribution in [-0.2, 0) is 14.8 Å². The second-order valence-corrected chi connectivity index (χ2v) is 7.23. The smallest absolute Gasteiger partial charge is 0.327 e. The van der Waals surface area contributed by atoms with Crippen molar-refractivity contribution in [3.05, 3.63) is 48.5 Å². The van der Waals surface area contributed by atoms with E-state index < -0.39 is 22.0 Å². The van der Waals surface area contributed by atoms with E-state index in [1.807, 2.05) is 0 Å². The normalized spacial score (nSPS) is 12.3. The lowest BCUT2D eigenvalue weighted by atomic mass is 10.2. The Hall–Kier alpha value is -2.74. The van der Waals surface area contributed by atoms with Crippen LogP contribution in [0.3, 0.4) is 0 Å². The van der Waals surface area contributed by atoms with Gasteiger partial charge in [0, 0.05) is 6.07 Å². The zero-order chi connectivity index (χ0) is 19.3. The molecular formula is C18H21NO6S.